The number of nitrogens with one attached hydrogen (secondary N) is 1. The van der Waals surface area contributed by atoms with Crippen molar-refractivity contribution in [3.63, 3.8) is 0 Å². The Morgan fingerprint density at radius 2 is 1.62 bits per heavy atom. The number of amides is 2. The molecule has 5 nitrogen and oxygen atoms in total. The Balaban J connectivity index is 1.80. The molecule has 2 amide bonds. The SMILES string of the molecule is COc1ccccc1NC1=C(c2ccc(C)c(C)c2)C(=O)N(Cc2ccccc2F)C1=O. The standard InChI is InChI=1S/C26H23FN2O3/c1-16-12-13-18(14-17(16)2)23-24(28-21-10-6-7-11-22(21)32-3)26(31)29(25(23)30)15-19-8-4-5-9-20(19)27/h4-14,28H,15H2,1-3H3. The minimum Gasteiger partial charge on any atom is -0.495 e. The molecule has 0 aromatic heterocycles. The molecular weight excluding hydrogens is 407 g/mol. The molecule has 162 valence electrons. The lowest BCUT2D eigenvalue weighted by molar-refractivity contribution is -0.137. The summed E-state index contributed by atoms with van der Waals surface area (Å²) in [6.07, 6.45) is 0. The maximum Gasteiger partial charge on any atom is 0.278 e. The van der Waals surface area contributed by atoms with Gasteiger partial charge in [0.05, 0.1) is 24.9 Å². The average molecular weight is 430 g/mol. The lowest BCUT2D eigenvalue weighted by Gasteiger charge is -2.16. The van der Waals surface area contributed by atoms with E-state index in [1.54, 1.807) is 36.4 Å². The highest BCUT2D eigenvalue weighted by atomic mass is 19.1. The second kappa shape index (κ2) is 8.67. The summed E-state index contributed by atoms with van der Waals surface area (Å²) in [5, 5.41) is 3.10. The Labute approximate surface area is 186 Å². The first-order chi connectivity index (χ1) is 15.4. The Kier molecular flexibility index (Phi) is 5.77. The Morgan fingerprint density at radius 1 is 0.906 bits per heavy atom. The van der Waals surface area contributed by atoms with Crippen LogP contribution in [-0.2, 0) is 16.1 Å². The molecule has 1 N–H and O–H groups in total. The van der Waals surface area contributed by atoms with Crippen LogP contribution in [0.4, 0.5) is 10.1 Å². The summed E-state index contributed by atoms with van der Waals surface area (Å²) in [4.78, 5) is 27.9. The molecule has 1 aliphatic heterocycles. The van der Waals surface area contributed by atoms with Crippen LogP contribution in [0.2, 0.25) is 0 Å². The maximum absolute atomic E-state index is 14.3. The number of para-hydroxylation sites is 2. The number of carbonyl (C=O) groups excluding carboxylic acids is 2. The minimum absolute atomic E-state index is 0.138. The molecule has 4 rings (SSSR count). The highest BCUT2D eigenvalue weighted by Crippen LogP contribution is 2.34. The molecule has 0 atom stereocenters. The molecule has 1 heterocycles. The van der Waals surface area contributed by atoms with Gasteiger partial charge in [0.25, 0.3) is 11.8 Å². The number of hydrogen-bond donors (Lipinski definition) is 1. The van der Waals surface area contributed by atoms with E-state index in [9.17, 15) is 14.0 Å². The van der Waals surface area contributed by atoms with Crippen LogP contribution in [0.5, 0.6) is 5.75 Å². The Bertz CT molecular complexity index is 1250. The lowest BCUT2D eigenvalue weighted by Crippen LogP contribution is -2.32. The van der Waals surface area contributed by atoms with Gasteiger partial charge in [-0.05, 0) is 48.7 Å². The van der Waals surface area contributed by atoms with Gasteiger partial charge in [0.2, 0.25) is 0 Å². The predicted octanol–water partition coefficient (Wildman–Crippen LogP) is 4.84. The molecule has 0 saturated carbocycles. The fourth-order valence-corrected chi connectivity index (χ4v) is 3.68. The summed E-state index contributed by atoms with van der Waals surface area (Å²) in [5.41, 5.74) is 3.92. The van der Waals surface area contributed by atoms with Gasteiger partial charge in [-0.2, -0.15) is 0 Å². The number of halogens is 1. The second-order valence-corrected chi connectivity index (χ2v) is 7.66. The monoisotopic (exact) mass is 430 g/mol. The molecule has 0 aliphatic carbocycles. The number of methoxy groups -OCH3 is 1. The van der Waals surface area contributed by atoms with Crippen LogP contribution < -0.4 is 10.1 Å². The number of benzene rings is 3. The normalized spacial score (nSPS) is 13.7. The van der Waals surface area contributed by atoms with E-state index in [2.05, 4.69) is 5.32 Å². The first-order valence-corrected chi connectivity index (χ1v) is 10.2. The predicted molar refractivity (Wildman–Crippen MR) is 121 cm³/mol. The van der Waals surface area contributed by atoms with Crippen LogP contribution in [0.25, 0.3) is 5.57 Å². The van der Waals surface area contributed by atoms with Crippen molar-refractivity contribution in [2.24, 2.45) is 0 Å². The van der Waals surface area contributed by atoms with E-state index >= 15 is 0 Å². The van der Waals surface area contributed by atoms with Crippen molar-refractivity contribution in [1.29, 1.82) is 0 Å². The summed E-state index contributed by atoms with van der Waals surface area (Å²) in [6, 6.07) is 18.9. The van der Waals surface area contributed by atoms with Gasteiger partial charge in [-0.15, -0.1) is 0 Å². The summed E-state index contributed by atoms with van der Waals surface area (Å²) in [6.45, 7) is 3.77. The molecule has 1 aliphatic rings. The Hall–Kier alpha value is -3.93. The highest BCUT2D eigenvalue weighted by Gasteiger charge is 2.39. The van der Waals surface area contributed by atoms with Gasteiger partial charge in [0.1, 0.15) is 17.3 Å². The van der Waals surface area contributed by atoms with Crippen LogP contribution >= 0.6 is 0 Å². The van der Waals surface area contributed by atoms with Crippen molar-refractivity contribution in [2.75, 3.05) is 12.4 Å². The molecule has 0 saturated heterocycles. The zero-order valence-corrected chi connectivity index (χ0v) is 18.1. The first-order valence-electron chi connectivity index (χ1n) is 10.2. The molecule has 3 aromatic rings. The molecule has 0 radical (unpaired) electrons. The number of anilines is 1. The highest BCUT2D eigenvalue weighted by molar-refractivity contribution is 6.36. The van der Waals surface area contributed by atoms with Crippen molar-refractivity contribution < 1.29 is 18.7 Å². The molecule has 3 aromatic carbocycles. The topological polar surface area (TPSA) is 58.6 Å². The van der Waals surface area contributed by atoms with Crippen molar-refractivity contribution in [2.45, 2.75) is 20.4 Å². The maximum atomic E-state index is 14.3. The van der Waals surface area contributed by atoms with E-state index in [0.29, 0.717) is 17.0 Å². The average Bonchev–Trinajstić information content (AvgIpc) is 3.02. The lowest BCUT2D eigenvalue weighted by atomic mass is 9.99. The number of carbonyl (C=O) groups is 2. The fourth-order valence-electron chi connectivity index (χ4n) is 3.68. The fraction of sp³-hybridized carbons (Fsp3) is 0.154. The molecule has 0 spiro atoms. The first kappa shape index (κ1) is 21.3. The zero-order chi connectivity index (χ0) is 22.8. The van der Waals surface area contributed by atoms with Crippen molar-refractivity contribution in [3.05, 3.63) is 100 Å². The van der Waals surface area contributed by atoms with Gasteiger partial charge in [0, 0.05) is 5.56 Å². The Morgan fingerprint density at radius 3 is 2.34 bits per heavy atom. The van der Waals surface area contributed by atoms with Crippen LogP contribution in [0, 0.1) is 19.7 Å². The quantitative estimate of drug-likeness (QED) is 0.569. The largest absolute Gasteiger partial charge is 0.495 e. The van der Waals surface area contributed by atoms with Crippen molar-refractivity contribution >= 4 is 23.1 Å². The third-order valence-corrected chi connectivity index (χ3v) is 5.62. The van der Waals surface area contributed by atoms with Gasteiger partial charge < -0.3 is 10.1 Å². The summed E-state index contributed by atoms with van der Waals surface area (Å²) in [5.74, 6) is -0.921. The third kappa shape index (κ3) is 3.87. The minimum atomic E-state index is -0.516. The molecular formula is C26H23FN2O3. The van der Waals surface area contributed by atoms with Crippen LogP contribution in [0.3, 0.4) is 0 Å². The smallest absolute Gasteiger partial charge is 0.278 e. The summed E-state index contributed by atoms with van der Waals surface area (Å²) >= 11 is 0. The number of aryl methyl sites for hydroxylation is 2. The van der Waals surface area contributed by atoms with Gasteiger partial charge in [-0.3, -0.25) is 14.5 Å². The van der Waals surface area contributed by atoms with Crippen LogP contribution in [-0.4, -0.2) is 23.8 Å². The molecule has 0 bridgehead atoms. The molecule has 0 fully saturated rings. The number of rotatable bonds is 6. The van der Waals surface area contributed by atoms with E-state index in [1.807, 2.05) is 38.1 Å². The third-order valence-electron chi connectivity index (χ3n) is 5.62. The zero-order valence-electron chi connectivity index (χ0n) is 18.1. The number of imide groups is 1. The van der Waals surface area contributed by atoms with Gasteiger partial charge >= 0.3 is 0 Å². The molecule has 6 heteroatoms. The van der Waals surface area contributed by atoms with Crippen molar-refractivity contribution in [1.82, 2.24) is 4.90 Å². The van der Waals surface area contributed by atoms with E-state index < -0.39 is 17.6 Å². The van der Waals surface area contributed by atoms with Crippen LogP contribution in [0.1, 0.15) is 22.3 Å². The van der Waals surface area contributed by atoms with E-state index in [-0.39, 0.29) is 23.4 Å². The molecule has 0 unspecified atom stereocenters. The molecule has 32 heavy (non-hydrogen) atoms. The number of nitrogens with zero attached hydrogens (tertiary/aromatic N) is 1. The van der Waals surface area contributed by atoms with Gasteiger partial charge in [0.15, 0.2) is 0 Å². The van der Waals surface area contributed by atoms with Crippen molar-refractivity contribution in [3.8, 4) is 5.75 Å². The van der Waals surface area contributed by atoms with Gasteiger partial charge in [-0.25, -0.2) is 4.39 Å². The van der Waals surface area contributed by atoms with E-state index in [4.69, 9.17) is 4.74 Å². The summed E-state index contributed by atoms with van der Waals surface area (Å²) in [7, 11) is 1.53. The van der Waals surface area contributed by atoms with Crippen LogP contribution in [0.15, 0.2) is 72.4 Å². The summed E-state index contributed by atoms with van der Waals surface area (Å²) < 4.78 is 19.6. The van der Waals surface area contributed by atoms with Gasteiger partial charge in [-0.1, -0.05) is 48.5 Å². The van der Waals surface area contributed by atoms with E-state index in [0.717, 1.165) is 16.0 Å². The number of hydrogen-bond acceptors (Lipinski definition) is 4. The number of ether oxygens (including phenoxy) is 1. The van der Waals surface area contributed by atoms with E-state index in [1.165, 1.54) is 13.2 Å². The second-order valence-electron chi connectivity index (χ2n) is 7.66.